The first-order chi connectivity index (χ1) is 16.4. The van der Waals surface area contributed by atoms with Gasteiger partial charge in [0.1, 0.15) is 0 Å². The van der Waals surface area contributed by atoms with E-state index in [0.717, 1.165) is 56.8 Å². The molecule has 0 unspecified atom stereocenters. The van der Waals surface area contributed by atoms with Crippen molar-refractivity contribution >= 4 is 27.3 Å². The van der Waals surface area contributed by atoms with Crippen LogP contribution in [0.1, 0.15) is 35.7 Å². The number of amides is 1. The third-order valence-corrected chi connectivity index (χ3v) is 8.00. The summed E-state index contributed by atoms with van der Waals surface area (Å²) < 4.78 is 33.5. The summed E-state index contributed by atoms with van der Waals surface area (Å²) in [6.45, 7) is 10.2. The Labute approximate surface area is 202 Å². The second-order valence-corrected chi connectivity index (χ2v) is 10.7. The molecule has 4 rings (SSSR count). The lowest BCUT2D eigenvalue weighted by Gasteiger charge is -2.35. The lowest BCUT2D eigenvalue weighted by atomic mass is 10.1. The summed E-state index contributed by atoms with van der Waals surface area (Å²) in [4.78, 5) is 17.8. The Balaban J connectivity index is 1.40. The first-order valence-electron chi connectivity index (χ1n) is 12.0. The van der Waals surface area contributed by atoms with Crippen molar-refractivity contribution in [3.8, 4) is 0 Å². The lowest BCUT2D eigenvalue weighted by Crippen LogP contribution is -2.46. The maximum absolute atomic E-state index is 12.9. The van der Waals surface area contributed by atoms with E-state index in [-0.39, 0.29) is 23.5 Å². The number of likely N-dealkylation sites (N-methyl/N-ethyl adjacent to an activating group) is 1. The van der Waals surface area contributed by atoms with Gasteiger partial charge in [0, 0.05) is 56.3 Å². The van der Waals surface area contributed by atoms with Crippen LogP contribution in [0, 0.1) is 6.92 Å². The van der Waals surface area contributed by atoms with Crippen molar-refractivity contribution in [3.63, 3.8) is 0 Å². The minimum absolute atomic E-state index is 0.0661. The number of benzene rings is 2. The number of hydrogen-bond acceptors (Lipinski definition) is 6. The number of sulfonamides is 1. The number of aryl methyl sites for hydroxylation is 1. The van der Waals surface area contributed by atoms with Gasteiger partial charge in [-0.2, -0.15) is 0 Å². The Bertz CT molecular complexity index is 1110. The minimum atomic E-state index is -3.73. The van der Waals surface area contributed by atoms with E-state index in [1.165, 1.54) is 12.1 Å². The minimum Gasteiger partial charge on any atom is -0.377 e. The molecule has 2 fully saturated rings. The van der Waals surface area contributed by atoms with Crippen LogP contribution in [-0.2, 0) is 14.8 Å². The molecule has 0 radical (unpaired) electrons. The maximum atomic E-state index is 12.9. The van der Waals surface area contributed by atoms with Crippen LogP contribution >= 0.6 is 0 Å². The zero-order valence-electron chi connectivity index (χ0n) is 19.9. The molecule has 2 aromatic carbocycles. The molecular weight excluding hydrogens is 452 g/mol. The quantitative estimate of drug-likeness (QED) is 0.596. The Morgan fingerprint density at radius 3 is 2.59 bits per heavy atom. The van der Waals surface area contributed by atoms with Gasteiger partial charge >= 0.3 is 0 Å². The molecule has 9 heteroatoms. The first kappa shape index (κ1) is 24.7. The molecule has 2 N–H and O–H groups in total. The molecule has 1 amide bonds. The summed E-state index contributed by atoms with van der Waals surface area (Å²) in [5.41, 5.74) is 3.12. The number of piperazine rings is 1. The number of rotatable bonds is 8. The first-order valence-corrected chi connectivity index (χ1v) is 13.4. The van der Waals surface area contributed by atoms with Crippen molar-refractivity contribution in [2.75, 3.05) is 56.1 Å². The van der Waals surface area contributed by atoms with Crippen LogP contribution in [0.15, 0.2) is 47.4 Å². The molecule has 2 heterocycles. The Kier molecular flexibility index (Phi) is 7.88. The van der Waals surface area contributed by atoms with E-state index in [4.69, 9.17) is 4.74 Å². The number of anilines is 2. The monoisotopic (exact) mass is 486 g/mol. The van der Waals surface area contributed by atoms with Crippen LogP contribution in [0.4, 0.5) is 11.4 Å². The number of carbonyl (C=O) groups excluding carboxylic acids is 1. The van der Waals surface area contributed by atoms with Gasteiger partial charge in [0.05, 0.1) is 11.0 Å². The average Bonchev–Trinajstić information content (AvgIpc) is 3.38. The number of carbonyl (C=O) groups is 1. The second kappa shape index (κ2) is 10.9. The number of nitrogens with zero attached hydrogens (tertiary/aromatic N) is 2. The van der Waals surface area contributed by atoms with Crippen LogP contribution in [-0.4, -0.2) is 71.2 Å². The molecule has 1 atom stereocenters. The molecule has 184 valence electrons. The molecule has 0 bridgehead atoms. The largest absolute Gasteiger partial charge is 0.377 e. The van der Waals surface area contributed by atoms with Crippen molar-refractivity contribution in [1.82, 2.24) is 9.62 Å². The fourth-order valence-corrected chi connectivity index (χ4v) is 5.51. The standard InChI is InChI=1S/C25H34N4O4S/c1-3-28-11-13-29(14-12-28)21-9-10-24(19(2)16-21)27-25(30)20-6-4-8-23(17-20)34(31,32)26-18-22-7-5-15-33-22/h4,6,8-10,16-17,22,26H,3,5,7,11-15,18H2,1-2H3,(H,27,30)/t22-/m0/s1. The highest BCUT2D eigenvalue weighted by Gasteiger charge is 2.21. The van der Waals surface area contributed by atoms with Crippen LogP contribution in [0.2, 0.25) is 0 Å². The van der Waals surface area contributed by atoms with Crippen LogP contribution < -0.4 is 14.9 Å². The predicted molar refractivity (Wildman–Crippen MR) is 134 cm³/mol. The number of hydrogen-bond donors (Lipinski definition) is 2. The highest BCUT2D eigenvalue weighted by atomic mass is 32.2. The average molecular weight is 487 g/mol. The van der Waals surface area contributed by atoms with Crippen molar-refractivity contribution in [3.05, 3.63) is 53.6 Å². The Morgan fingerprint density at radius 1 is 1.12 bits per heavy atom. The van der Waals surface area contributed by atoms with Gasteiger partial charge < -0.3 is 19.9 Å². The van der Waals surface area contributed by atoms with Gasteiger partial charge in [0.25, 0.3) is 5.91 Å². The fourth-order valence-electron chi connectivity index (χ4n) is 4.40. The smallest absolute Gasteiger partial charge is 0.255 e. The summed E-state index contributed by atoms with van der Waals surface area (Å²) in [6, 6.07) is 12.1. The molecule has 2 aliphatic rings. The zero-order chi connectivity index (χ0) is 24.1. The van der Waals surface area contributed by atoms with Gasteiger partial charge in [-0.05, 0) is 68.3 Å². The van der Waals surface area contributed by atoms with Crippen molar-refractivity contribution in [2.45, 2.75) is 37.7 Å². The summed E-state index contributed by atoms with van der Waals surface area (Å²) >= 11 is 0. The summed E-state index contributed by atoms with van der Waals surface area (Å²) in [6.07, 6.45) is 1.69. The summed E-state index contributed by atoms with van der Waals surface area (Å²) in [5, 5.41) is 2.93. The van der Waals surface area contributed by atoms with E-state index in [1.54, 1.807) is 12.1 Å². The zero-order valence-corrected chi connectivity index (χ0v) is 20.7. The second-order valence-electron chi connectivity index (χ2n) is 8.89. The molecule has 8 nitrogen and oxygen atoms in total. The molecular formula is C25H34N4O4S. The van der Waals surface area contributed by atoms with Gasteiger partial charge in [-0.25, -0.2) is 13.1 Å². The molecule has 34 heavy (non-hydrogen) atoms. The van der Waals surface area contributed by atoms with Gasteiger partial charge in [-0.1, -0.05) is 13.0 Å². The lowest BCUT2D eigenvalue weighted by molar-refractivity contribution is 0.102. The van der Waals surface area contributed by atoms with Crippen LogP contribution in [0.3, 0.4) is 0 Å². The molecule has 2 aromatic rings. The summed E-state index contributed by atoms with van der Waals surface area (Å²) in [5.74, 6) is -0.344. The molecule has 2 saturated heterocycles. The van der Waals surface area contributed by atoms with E-state index < -0.39 is 10.0 Å². The van der Waals surface area contributed by atoms with E-state index in [2.05, 4.69) is 32.8 Å². The van der Waals surface area contributed by atoms with Crippen molar-refractivity contribution < 1.29 is 17.9 Å². The van der Waals surface area contributed by atoms with Gasteiger partial charge in [-0.3, -0.25) is 4.79 Å². The number of ether oxygens (including phenoxy) is 1. The van der Waals surface area contributed by atoms with Crippen molar-refractivity contribution in [2.24, 2.45) is 0 Å². The van der Waals surface area contributed by atoms with Crippen LogP contribution in [0.25, 0.3) is 0 Å². The highest BCUT2D eigenvalue weighted by molar-refractivity contribution is 7.89. The van der Waals surface area contributed by atoms with Gasteiger partial charge in [-0.15, -0.1) is 0 Å². The third kappa shape index (κ3) is 5.96. The van der Waals surface area contributed by atoms with Crippen LogP contribution in [0.5, 0.6) is 0 Å². The molecule has 0 spiro atoms. The molecule has 0 aliphatic carbocycles. The summed E-state index contributed by atoms with van der Waals surface area (Å²) in [7, 11) is -3.73. The van der Waals surface area contributed by atoms with Gasteiger partial charge in [0.15, 0.2) is 0 Å². The molecule has 2 aliphatic heterocycles. The Morgan fingerprint density at radius 2 is 1.91 bits per heavy atom. The molecule has 0 aromatic heterocycles. The Hall–Kier alpha value is -2.46. The maximum Gasteiger partial charge on any atom is 0.255 e. The predicted octanol–water partition coefficient (Wildman–Crippen LogP) is 2.85. The van der Waals surface area contributed by atoms with Gasteiger partial charge in [0.2, 0.25) is 10.0 Å². The third-order valence-electron chi connectivity index (χ3n) is 6.57. The van der Waals surface area contributed by atoms with Crippen molar-refractivity contribution in [1.29, 1.82) is 0 Å². The van der Waals surface area contributed by atoms with E-state index in [9.17, 15) is 13.2 Å². The fraction of sp³-hybridized carbons (Fsp3) is 0.480. The normalized spacial score (nSPS) is 19.4. The number of nitrogens with one attached hydrogen (secondary N) is 2. The SMILES string of the molecule is CCN1CCN(c2ccc(NC(=O)c3cccc(S(=O)(=O)NC[C@@H]4CCCO4)c3)c(C)c2)CC1. The van der Waals surface area contributed by atoms with E-state index >= 15 is 0 Å². The highest BCUT2D eigenvalue weighted by Crippen LogP contribution is 2.24. The topological polar surface area (TPSA) is 91.0 Å². The molecule has 0 saturated carbocycles. The van der Waals surface area contributed by atoms with E-state index in [1.807, 2.05) is 19.1 Å². The van der Waals surface area contributed by atoms with E-state index in [0.29, 0.717) is 17.9 Å².